The molecule has 6 nitrogen and oxygen atoms in total. The number of hydrogen-bond acceptors (Lipinski definition) is 5. The van der Waals surface area contributed by atoms with Crippen molar-refractivity contribution < 1.29 is 22.7 Å². The van der Waals surface area contributed by atoms with Crippen LogP contribution in [0.25, 0.3) is 0 Å². The van der Waals surface area contributed by atoms with E-state index in [9.17, 15) is 18.0 Å². The minimum absolute atomic E-state index is 0.0650. The van der Waals surface area contributed by atoms with Gasteiger partial charge in [0, 0.05) is 6.42 Å². The second-order valence-corrected chi connectivity index (χ2v) is 6.69. The van der Waals surface area contributed by atoms with Crippen LogP contribution >= 0.6 is 0 Å². The summed E-state index contributed by atoms with van der Waals surface area (Å²) in [5.41, 5.74) is 0.928. The van der Waals surface area contributed by atoms with Gasteiger partial charge in [-0.15, -0.1) is 0 Å². The molecule has 22 heavy (non-hydrogen) atoms. The maximum atomic E-state index is 12.3. The highest BCUT2D eigenvalue weighted by atomic mass is 32.2. The molecule has 0 aliphatic rings. The van der Waals surface area contributed by atoms with Crippen molar-refractivity contribution in [1.29, 1.82) is 0 Å². The minimum Gasteiger partial charge on any atom is -0.465 e. The van der Waals surface area contributed by atoms with E-state index in [4.69, 9.17) is 4.74 Å². The summed E-state index contributed by atoms with van der Waals surface area (Å²) in [5, 5.41) is 0. The van der Waals surface area contributed by atoms with Crippen molar-refractivity contribution in [3.05, 3.63) is 29.8 Å². The summed E-state index contributed by atoms with van der Waals surface area (Å²) in [5.74, 6) is -0.803. The van der Waals surface area contributed by atoms with Gasteiger partial charge in [0.2, 0.25) is 10.0 Å². The second kappa shape index (κ2) is 8.05. The van der Waals surface area contributed by atoms with Crippen molar-refractivity contribution in [2.75, 3.05) is 6.61 Å². The molecule has 1 rings (SSSR count). The molecule has 0 aliphatic carbocycles. The first-order valence-electron chi connectivity index (χ1n) is 7.01. The van der Waals surface area contributed by atoms with Crippen LogP contribution in [0.5, 0.6) is 0 Å². The van der Waals surface area contributed by atoms with Crippen LogP contribution in [0.2, 0.25) is 0 Å². The summed E-state index contributed by atoms with van der Waals surface area (Å²) in [6, 6.07) is 5.19. The highest BCUT2D eigenvalue weighted by Gasteiger charge is 2.26. The third kappa shape index (κ3) is 5.57. The van der Waals surface area contributed by atoms with Crippen molar-refractivity contribution in [3.63, 3.8) is 0 Å². The van der Waals surface area contributed by atoms with Gasteiger partial charge < -0.3 is 9.53 Å². The monoisotopic (exact) mass is 327 g/mol. The van der Waals surface area contributed by atoms with Crippen molar-refractivity contribution in [2.24, 2.45) is 0 Å². The lowest BCUT2D eigenvalue weighted by Gasteiger charge is -2.17. The lowest BCUT2D eigenvalue weighted by atomic mass is 10.1. The molecule has 122 valence electrons. The fourth-order valence-corrected chi connectivity index (χ4v) is 3.01. The average Bonchev–Trinajstić information content (AvgIpc) is 2.44. The molecule has 0 amide bonds. The first-order chi connectivity index (χ1) is 10.3. The smallest absolute Gasteiger partial charge is 0.324 e. The zero-order valence-electron chi connectivity index (χ0n) is 13.0. The van der Waals surface area contributed by atoms with Crippen LogP contribution in [0.3, 0.4) is 0 Å². The predicted octanol–water partition coefficient (Wildman–Crippen LogP) is 1.57. The molecule has 0 saturated heterocycles. The quantitative estimate of drug-likeness (QED) is 0.732. The predicted molar refractivity (Wildman–Crippen MR) is 81.8 cm³/mol. The number of hydrogen-bond donors (Lipinski definition) is 1. The van der Waals surface area contributed by atoms with Crippen molar-refractivity contribution >= 4 is 21.8 Å². The zero-order chi connectivity index (χ0) is 16.8. The molecule has 1 aromatic rings. The third-order valence-corrected chi connectivity index (χ3v) is 4.47. The number of ether oxygens (including phenoxy) is 1. The number of benzene rings is 1. The standard InChI is InChI=1S/C15H21NO5S/c1-4-21-15(18)14(10-7-12(3)17)16-22(19,20)13-8-5-11(2)6-9-13/h5-6,8-9,14,16H,4,7,10H2,1-3H3/t14-/m0/s1. The molecule has 0 aliphatic heterocycles. The van der Waals surface area contributed by atoms with E-state index in [2.05, 4.69) is 4.72 Å². The Labute approximate surface area is 130 Å². The van der Waals surface area contributed by atoms with Crippen molar-refractivity contribution in [2.45, 2.75) is 44.6 Å². The summed E-state index contributed by atoms with van der Waals surface area (Å²) in [7, 11) is -3.85. The van der Waals surface area contributed by atoms with Gasteiger partial charge in [-0.2, -0.15) is 4.72 Å². The lowest BCUT2D eigenvalue weighted by molar-refractivity contribution is -0.145. The Morgan fingerprint density at radius 1 is 1.23 bits per heavy atom. The Hall–Kier alpha value is -1.73. The van der Waals surface area contributed by atoms with Crippen LogP contribution in [-0.4, -0.2) is 32.8 Å². The minimum atomic E-state index is -3.85. The van der Waals surface area contributed by atoms with Crippen molar-refractivity contribution in [1.82, 2.24) is 4.72 Å². The van der Waals surface area contributed by atoms with Crippen LogP contribution in [0.15, 0.2) is 29.2 Å². The third-order valence-electron chi connectivity index (χ3n) is 2.98. The molecule has 1 N–H and O–H groups in total. The Kier molecular flexibility index (Phi) is 6.70. The number of Topliss-reactive ketones (excluding diaryl/α,β-unsaturated/α-hetero) is 1. The first-order valence-corrected chi connectivity index (χ1v) is 8.49. The van der Waals surface area contributed by atoms with E-state index in [1.807, 2.05) is 6.92 Å². The Bertz CT molecular complexity index is 622. The molecule has 0 bridgehead atoms. The number of carbonyl (C=O) groups excluding carboxylic acids is 2. The summed E-state index contributed by atoms with van der Waals surface area (Å²) < 4.78 is 31.8. The lowest BCUT2D eigenvalue weighted by Crippen LogP contribution is -2.42. The van der Waals surface area contributed by atoms with E-state index < -0.39 is 22.0 Å². The number of ketones is 1. The van der Waals surface area contributed by atoms with Gasteiger partial charge in [0.1, 0.15) is 11.8 Å². The average molecular weight is 327 g/mol. The van der Waals surface area contributed by atoms with Gasteiger partial charge >= 0.3 is 5.97 Å². The molecule has 7 heteroatoms. The number of sulfonamides is 1. The molecule has 0 radical (unpaired) electrons. The molecule has 0 heterocycles. The molecule has 0 aromatic heterocycles. The van der Waals surface area contributed by atoms with Crippen LogP contribution < -0.4 is 4.72 Å². The molecule has 1 atom stereocenters. The highest BCUT2D eigenvalue weighted by molar-refractivity contribution is 7.89. The zero-order valence-corrected chi connectivity index (χ0v) is 13.8. The van der Waals surface area contributed by atoms with Gasteiger partial charge in [0.05, 0.1) is 11.5 Å². The molecule has 0 spiro atoms. The molecular weight excluding hydrogens is 306 g/mol. The summed E-state index contributed by atoms with van der Waals surface area (Å²) in [6.07, 6.45) is 0.166. The topological polar surface area (TPSA) is 89.5 Å². The maximum Gasteiger partial charge on any atom is 0.324 e. The Morgan fingerprint density at radius 3 is 2.32 bits per heavy atom. The summed E-state index contributed by atoms with van der Waals surface area (Å²) in [6.45, 7) is 5.00. The van der Waals surface area contributed by atoms with E-state index in [0.29, 0.717) is 0 Å². The van der Waals surface area contributed by atoms with E-state index in [1.54, 1.807) is 19.1 Å². The Morgan fingerprint density at radius 2 is 1.82 bits per heavy atom. The highest BCUT2D eigenvalue weighted by Crippen LogP contribution is 2.12. The molecule has 0 saturated carbocycles. The van der Waals surface area contributed by atoms with Gasteiger partial charge in [-0.05, 0) is 39.3 Å². The summed E-state index contributed by atoms with van der Waals surface area (Å²) >= 11 is 0. The Balaban J connectivity index is 2.93. The second-order valence-electron chi connectivity index (χ2n) is 4.98. The molecular formula is C15H21NO5S. The van der Waals surface area contributed by atoms with Crippen LogP contribution in [-0.2, 0) is 24.3 Å². The van der Waals surface area contributed by atoms with Gasteiger partial charge in [0.25, 0.3) is 0 Å². The number of esters is 1. The van der Waals surface area contributed by atoms with E-state index in [0.717, 1.165) is 5.56 Å². The van der Waals surface area contributed by atoms with Gasteiger partial charge in [0.15, 0.2) is 0 Å². The fourth-order valence-electron chi connectivity index (χ4n) is 1.79. The van der Waals surface area contributed by atoms with Gasteiger partial charge in [-0.1, -0.05) is 17.7 Å². The van der Waals surface area contributed by atoms with Crippen LogP contribution in [0.4, 0.5) is 0 Å². The van der Waals surface area contributed by atoms with Gasteiger partial charge in [-0.25, -0.2) is 8.42 Å². The molecule has 1 aromatic carbocycles. The number of rotatable bonds is 8. The van der Waals surface area contributed by atoms with E-state index >= 15 is 0 Å². The van der Waals surface area contributed by atoms with E-state index in [1.165, 1.54) is 19.1 Å². The summed E-state index contributed by atoms with van der Waals surface area (Å²) in [4.78, 5) is 23.0. The number of carbonyl (C=O) groups is 2. The SMILES string of the molecule is CCOC(=O)[C@H](CCC(C)=O)NS(=O)(=O)c1ccc(C)cc1. The number of aryl methyl sites for hydroxylation is 1. The van der Waals surface area contributed by atoms with E-state index in [-0.39, 0.29) is 30.1 Å². The maximum absolute atomic E-state index is 12.3. The van der Waals surface area contributed by atoms with Crippen LogP contribution in [0, 0.1) is 6.92 Å². The molecule has 0 unspecified atom stereocenters. The number of nitrogens with one attached hydrogen (secondary N) is 1. The largest absolute Gasteiger partial charge is 0.465 e. The molecule has 0 fully saturated rings. The first kappa shape index (κ1) is 18.3. The van der Waals surface area contributed by atoms with Crippen LogP contribution in [0.1, 0.15) is 32.3 Å². The van der Waals surface area contributed by atoms with Crippen molar-refractivity contribution in [3.8, 4) is 0 Å². The normalized spacial score (nSPS) is 12.7. The van der Waals surface area contributed by atoms with Gasteiger partial charge in [-0.3, -0.25) is 4.79 Å². The fraction of sp³-hybridized carbons (Fsp3) is 0.467.